The van der Waals surface area contributed by atoms with Crippen molar-refractivity contribution >= 4 is 27.7 Å². The Morgan fingerprint density at radius 1 is 1.32 bits per heavy atom. The predicted octanol–water partition coefficient (Wildman–Crippen LogP) is 3.51. The summed E-state index contributed by atoms with van der Waals surface area (Å²) in [4.78, 5) is 8.29. The predicted molar refractivity (Wildman–Crippen MR) is 75.6 cm³/mol. The molecule has 0 unspecified atom stereocenters. The minimum Gasteiger partial charge on any atom is -0.440 e. The standard InChI is InChI=1S/C12H9BrN4OS/c13-9-3-1-2-8(4-9)10-5-14-11(18-10)6-19-12-15-7-16-17-12/h1-5,7H,6H2,(H,15,16,17). The Labute approximate surface area is 122 Å². The molecule has 0 aliphatic carbocycles. The summed E-state index contributed by atoms with van der Waals surface area (Å²) in [7, 11) is 0. The molecular weight excluding hydrogens is 328 g/mol. The first kappa shape index (κ1) is 12.4. The van der Waals surface area contributed by atoms with Gasteiger partial charge in [-0.3, -0.25) is 5.10 Å². The van der Waals surface area contributed by atoms with Crippen molar-refractivity contribution in [1.29, 1.82) is 0 Å². The van der Waals surface area contributed by atoms with Gasteiger partial charge in [-0.05, 0) is 12.1 Å². The van der Waals surface area contributed by atoms with E-state index in [2.05, 4.69) is 36.1 Å². The fraction of sp³-hybridized carbons (Fsp3) is 0.0833. The number of rotatable bonds is 4. The second kappa shape index (κ2) is 5.58. The molecule has 0 saturated carbocycles. The van der Waals surface area contributed by atoms with Crippen LogP contribution in [0.3, 0.4) is 0 Å². The number of thioether (sulfide) groups is 1. The zero-order valence-corrected chi connectivity index (χ0v) is 12.1. The van der Waals surface area contributed by atoms with Crippen molar-refractivity contribution in [3.05, 3.63) is 47.2 Å². The Balaban J connectivity index is 1.72. The van der Waals surface area contributed by atoms with Crippen LogP contribution in [0.4, 0.5) is 0 Å². The first-order valence-corrected chi connectivity index (χ1v) is 7.28. The lowest BCUT2D eigenvalue weighted by atomic mass is 10.2. The van der Waals surface area contributed by atoms with Crippen molar-refractivity contribution in [2.24, 2.45) is 0 Å². The van der Waals surface area contributed by atoms with Crippen molar-refractivity contribution in [2.45, 2.75) is 10.9 Å². The Morgan fingerprint density at radius 3 is 3.05 bits per heavy atom. The maximum absolute atomic E-state index is 5.71. The summed E-state index contributed by atoms with van der Waals surface area (Å²) in [5, 5.41) is 7.32. The Bertz CT molecular complexity index is 668. The van der Waals surface area contributed by atoms with Gasteiger partial charge >= 0.3 is 0 Å². The highest BCUT2D eigenvalue weighted by Crippen LogP contribution is 2.25. The van der Waals surface area contributed by atoms with Crippen LogP contribution in [-0.4, -0.2) is 20.2 Å². The molecule has 3 rings (SSSR count). The van der Waals surface area contributed by atoms with Gasteiger partial charge < -0.3 is 4.42 Å². The van der Waals surface area contributed by atoms with Gasteiger partial charge in [0.2, 0.25) is 5.89 Å². The number of nitrogens with one attached hydrogen (secondary N) is 1. The van der Waals surface area contributed by atoms with Crippen LogP contribution in [0, 0.1) is 0 Å². The zero-order valence-electron chi connectivity index (χ0n) is 9.71. The summed E-state index contributed by atoms with van der Waals surface area (Å²) < 4.78 is 6.72. The molecule has 2 aromatic heterocycles. The lowest BCUT2D eigenvalue weighted by molar-refractivity contribution is 0.530. The number of hydrogen-bond donors (Lipinski definition) is 1. The summed E-state index contributed by atoms with van der Waals surface area (Å²) >= 11 is 4.93. The lowest BCUT2D eigenvalue weighted by Gasteiger charge is -1.96. The van der Waals surface area contributed by atoms with Crippen molar-refractivity contribution in [3.63, 3.8) is 0 Å². The largest absolute Gasteiger partial charge is 0.440 e. The molecule has 19 heavy (non-hydrogen) atoms. The lowest BCUT2D eigenvalue weighted by Crippen LogP contribution is -1.81. The first-order chi connectivity index (χ1) is 9.31. The van der Waals surface area contributed by atoms with Gasteiger partial charge in [0.15, 0.2) is 10.9 Å². The Kier molecular flexibility index (Phi) is 3.65. The van der Waals surface area contributed by atoms with E-state index in [0.29, 0.717) is 11.6 Å². The number of halogens is 1. The van der Waals surface area contributed by atoms with Gasteiger partial charge in [0.25, 0.3) is 0 Å². The second-order valence-electron chi connectivity index (χ2n) is 3.71. The van der Waals surface area contributed by atoms with Gasteiger partial charge in [0.1, 0.15) is 6.33 Å². The van der Waals surface area contributed by atoms with Gasteiger partial charge in [0, 0.05) is 10.0 Å². The molecule has 0 bridgehead atoms. The molecule has 3 aromatic rings. The quantitative estimate of drug-likeness (QED) is 0.738. The topological polar surface area (TPSA) is 67.6 Å². The molecule has 0 spiro atoms. The molecule has 0 aliphatic heterocycles. The van der Waals surface area contributed by atoms with Gasteiger partial charge in [-0.2, -0.15) is 5.10 Å². The van der Waals surface area contributed by atoms with E-state index in [1.165, 1.54) is 18.1 Å². The molecule has 0 aliphatic rings. The van der Waals surface area contributed by atoms with Crippen LogP contribution in [0.2, 0.25) is 0 Å². The third-order valence-electron chi connectivity index (χ3n) is 2.39. The van der Waals surface area contributed by atoms with Crippen molar-refractivity contribution in [3.8, 4) is 11.3 Å². The molecule has 2 heterocycles. The molecule has 1 aromatic carbocycles. The van der Waals surface area contributed by atoms with Crippen molar-refractivity contribution in [1.82, 2.24) is 20.2 Å². The van der Waals surface area contributed by atoms with Gasteiger partial charge in [-0.25, -0.2) is 9.97 Å². The fourth-order valence-electron chi connectivity index (χ4n) is 1.55. The van der Waals surface area contributed by atoms with E-state index in [9.17, 15) is 0 Å². The number of benzene rings is 1. The number of hydrogen-bond acceptors (Lipinski definition) is 5. The van der Waals surface area contributed by atoms with Crippen LogP contribution in [0.25, 0.3) is 11.3 Å². The smallest absolute Gasteiger partial charge is 0.205 e. The SMILES string of the molecule is Brc1cccc(-c2cnc(CSc3ncn[nH]3)o2)c1. The number of H-pyrrole nitrogens is 1. The van der Waals surface area contributed by atoms with Gasteiger partial charge in [-0.1, -0.05) is 39.8 Å². The first-order valence-electron chi connectivity index (χ1n) is 5.50. The average molecular weight is 337 g/mol. The normalized spacial score (nSPS) is 10.8. The van der Waals surface area contributed by atoms with E-state index < -0.39 is 0 Å². The minimum absolute atomic E-state index is 0.614. The van der Waals surface area contributed by atoms with E-state index in [1.807, 2.05) is 24.3 Å². The average Bonchev–Trinajstić information content (AvgIpc) is 3.08. The van der Waals surface area contributed by atoms with E-state index in [4.69, 9.17) is 4.42 Å². The molecule has 0 atom stereocenters. The highest BCUT2D eigenvalue weighted by molar-refractivity contribution is 9.10. The van der Waals surface area contributed by atoms with Crippen LogP contribution in [0.15, 0.2) is 50.8 Å². The summed E-state index contributed by atoms with van der Waals surface area (Å²) in [5.41, 5.74) is 0.998. The van der Waals surface area contributed by atoms with Crippen LogP contribution in [0.5, 0.6) is 0 Å². The number of aromatic amines is 1. The van der Waals surface area contributed by atoms with Gasteiger partial charge in [0.05, 0.1) is 11.9 Å². The third-order valence-corrected chi connectivity index (χ3v) is 3.74. The maximum atomic E-state index is 5.71. The van der Waals surface area contributed by atoms with E-state index in [-0.39, 0.29) is 0 Å². The molecule has 5 nitrogen and oxygen atoms in total. The molecule has 7 heteroatoms. The summed E-state index contributed by atoms with van der Waals surface area (Å²) in [6, 6.07) is 7.91. The summed E-state index contributed by atoms with van der Waals surface area (Å²) in [5.74, 6) is 2.04. The molecule has 0 saturated heterocycles. The molecule has 1 N–H and O–H groups in total. The highest BCUT2D eigenvalue weighted by Gasteiger charge is 2.08. The number of nitrogens with zero attached hydrogens (tertiary/aromatic N) is 3. The van der Waals surface area contributed by atoms with E-state index in [1.54, 1.807) is 6.20 Å². The van der Waals surface area contributed by atoms with E-state index in [0.717, 1.165) is 21.0 Å². The van der Waals surface area contributed by atoms with Crippen molar-refractivity contribution in [2.75, 3.05) is 0 Å². The Hall–Kier alpha value is -1.60. The van der Waals surface area contributed by atoms with Gasteiger partial charge in [-0.15, -0.1) is 0 Å². The maximum Gasteiger partial charge on any atom is 0.205 e. The minimum atomic E-state index is 0.614. The third kappa shape index (κ3) is 3.05. The van der Waals surface area contributed by atoms with Crippen LogP contribution >= 0.6 is 27.7 Å². The van der Waals surface area contributed by atoms with Crippen LogP contribution in [0.1, 0.15) is 5.89 Å². The molecular formula is C12H9BrN4OS. The second-order valence-corrected chi connectivity index (χ2v) is 5.59. The monoisotopic (exact) mass is 336 g/mol. The summed E-state index contributed by atoms with van der Waals surface area (Å²) in [6.07, 6.45) is 3.21. The fourth-order valence-corrected chi connectivity index (χ4v) is 2.58. The zero-order chi connectivity index (χ0) is 13.1. The summed E-state index contributed by atoms with van der Waals surface area (Å²) in [6.45, 7) is 0. The molecule has 0 radical (unpaired) electrons. The number of oxazole rings is 1. The van der Waals surface area contributed by atoms with Crippen molar-refractivity contribution < 1.29 is 4.42 Å². The molecule has 0 fully saturated rings. The molecule has 96 valence electrons. The Morgan fingerprint density at radius 2 is 2.26 bits per heavy atom. The number of aromatic nitrogens is 4. The molecule has 0 amide bonds. The van der Waals surface area contributed by atoms with Crippen LogP contribution < -0.4 is 0 Å². The van der Waals surface area contributed by atoms with E-state index >= 15 is 0 Å². The highest BCUT2D eigenvalue weighted by atomic mass is 79.9. The van der Waals surface area contributed by atoms with Crippen LogP contribution in [-0.2, 0) is 5.75 Å².